The van der Waals surface area contributed by atoms with Gasteiger partial charge in [-0.25, -0.2) is 14.0 Å². The number of aliphatic imine (C=N–C) groups is 1. The fourth-order valence-corrected chi connectivity index (χ4v) is 1.60. The molecule has 5 heteroatoms. The maximum Gasteiger partial charge on any atom is 0.367 e. The summed E-state index contributed by atoms with van der Waals surface area (Å²) in [4.78, 5) is 24.2. The minimum Gasteiger partial charge on any atom is -0.465 e. The monoisotopic (exact) mass is 251 g/mol. The Morgan fingerprint density at radius 3 is 2.67 bits per heavy atom. The van der Waals surface area contributed by atoms with E-state index >= 15 is 0 Å². The average Bonchev–Trinajstić information content (AvgIpc) is 2.39. The highest BCUT2D eigenvalue weighted by molar-refractivity contribution is 5.79. The standard InChI is InChI=1S/C13H14FNO3/c1-18-12(17)13(14,15-10-16)9-5-8-11-6-3-2-4-7-11/h2-4,6-7H,5,8-9H2,1H3. The molecule has 0 aliphatic heterocycles. The number of methoxy groups -OCH3 is 1. The lowest BCUT2D eigenvalue weighted by Crippen LogP contribution is -2.32. The molecule has 0 saturated carbocycles. The number of benzene rings is 1. The van der Waals surface area contributed by atoms with Gasteiger partial charge in [0.1, 0.15) is 0 Å². The summed E-state index contributed by atoms with van der Waals surface area (Å²) < 4.78 is 18.3. The largest absolute Gasteiger partial charge is 0.465 e. The first-order valence-corrected chi connectivity index (χ1v) is 5.52. The van der Waals surface area contributed by atoms with E-state index in [0.717, 1.165) is 18.8 Å². The van der Waals surface area contributed by atoms with E-state index in [0.29, 0.717) is 12.8 Å². The van der Waals surface area contributed by atoms with E-state index in [2.05, 4.69) is 9.73 Å². The minimum atomic E-state index is -2.62. The lowest BCUT2D eigenvalue weighted by Gasteiger charge is -2.15. The second-order valence-electron chi connectivity index (χ2n) is 3.79. The zero-order chi connectivity index (χ0) is 13.4. The van der Waals surface area contributed by atoms with Crippen LogP contribution in [0.4, 0.5) is 4.39 Å². The SMILES string of the molecule is COC(=O)C(F)(CCCc1ccccc1)N=C=O. The molecular formula is C13H14FNO3. The molecule has 0 aliphatic rings. The van der Waals surface area contributed by atoms with Gasteiger partial charge >= 0.3 is 11.8 Å². The second kappa shape index (κ2) is 6.67. The summed E-state index contributed by atoms with van der Waals surface area (Å²) in [7, 11) is 1.05. The van der Waals surface area contributed by atoms with Crippen LogP contribution in [0.3, 0.4) is 0 Å². The quantitative estimate of drug-likeness (QED) is 0.337. The number of hydrogen-bond acceptors (Lipinski definition) is 4. The molecule has 1 atom stereocenters. The highest BCUT2D eigenvalue weighted by Crippen LogP contribution is 2.22. The van der Waals surface area contributed by atoms with Crippen molar-refractivity contribution >= 4 is 12.0 Å². The van der Waals surface area contributed by atoms with Crippen molar-refractivity contribution in [1.29, 1.82) is 0 Å². The molecule has 0 aliphatic carbocycles. The first-order chi connectivity index (χ1) is 8.62. The van der Waals surface area contributed by atoms with Gasteiger partial charge in [0, 0.05) is 6.42 Å². The van der Waals surface area contributed by atoms with Crippen molar-refractivity contribution in [3.05, 3.63) is 35.9 Å². The van der Waals surface area contributed by atoms with Crippen LogP contribution in [0.25, 0.3) is 0 Å². The molecule has 4 nitrogen and oxygen atoms in total. The van der Waals surface area contributed by atoms with Crippen LogP contribution in [0, 0.1) is 0 Å². The summed E-state index contributed by atoms with van der Waals surface area (Å²) in [6, 6.07) is 9.44. The fraction of sp³-hybridized carbons (Fsp3) is 0.385. The number of rotatable bonds is 6. The van der Waals surface area contributed by atoms with Crippen molar-refractivity contribution in [1.82, 2.24) is 0 Å². The Bertz CT molecular complexity index is 443. The van der Waals surface area contributed by atoms with Gasteiger partial charge in [0.2, 0.25) is 6.08 Å². The molecule has 0 bridgehead atoms. The van der Waals surface area contributed by atoms with Crippen molar-refractivity contribution in [2.75, 3.05) is 7.11 Å². The van der Waals surface area contributed by atoms with Gasteiger partial charge in [0.15, 0.2) is 0 Å². The number of esters is 1. The number of nitrogens with zero attached hydrogens (tertiary/aromatic N) is 1. The Morgan fingerprint density at radius 1 is 1.44 bits per heavy atom. The molecule has 0 fully saturated rings. The Balaban J connectivity index is 2.58. The molecule has 96 valence electrons. The van der Waals surface area contributed by atoms with Crippen molar-refractivity contribution in [2.45, 2.75) is 25.1 Å². The molecule has 0 amide bonds. The lowest BCUT2D eigenvalue weighted by atomic mass is 10.0. The van der Waals surface area contributed by atoms with Crippen LogP contribution in [0.1, 0.15) is 18.4 Å². The van der Waals surface area contributed by atoms with Crippen LogP contribution >= 0.6 is 0 Å². The smallest absolute Gasteiger partial charge is 0.367 e. The van der Waals surface area contributed by atoms with Crippen molar-refractivity contribution < 1.29 is 18.7 Å². The molecule has 0 radical (unpaired) electrons. The molecule has 0 spiro atoms. The topological polar surface area (TPSA) is 55.7 Å². The van der Waals surface area contributed by atoms with Crippen LogP contribution in [-0.2, 0) is 20.7 Å². The zero-order valence-electron chi connectivity index (χ0n) is 10.1. The third kappa shape index (κ3) is 3.79. The van der Waals surface area contributed by atoms with Crippen LogP contribution in [-0.4, -0.2) is 25.0 Å². The number of carbonyl (C=O) groups excluding carboxylic acids is 2. The molecule has 0 aromatic heterocycles. The Morgan fingerprint density at radius 2 is 2.11 bits per heavy atom. The summed E-state index contributed by atoms with van der Waals surface area (Å²) in [6.45, 7) is 0. The second-order valence-corrected chi connectivity index (χ2v) is 3.79. The van der Waals surface area contributed by atoms with Gasteiger partial charge in [-0.1, -0.05) is 30.3 Å². The van der Waals surface area contributed by atoms with Gasteiger partial charge < -0.3 is 4.74 Å². The summed E-state index contributed by atoms with van der Waals surface area (Å²) in [5.41, 5.74) is 1.03. The molecule has 0 heterocycles. The van der Waals surface area contributed by atoms with E-state index in [4.69, 9.17) is 0 Å². The predicted octanol–water partition coefficient (Wildman–Crippen LogP) is 2.18. The Kier molecular flexibility index (Phi) is 5.21. The number of carbonyl (C=O) groups is 1. The molecular weight excluding hydrogens is 237 g/mol. The van der Waals surface area contributed by atoms with Crippen LogP contribution in [0.5, 0.6) is 0 Å². The van der Waals surface area contributed by atoms with Gasteiger partial charge in [-0.15, -0.1) is 0 Å². The number of halogens is 1. The summed E-state index contributed by atoms with van der Waals surface area (Å²) in [5, 5.41) is 0. The van der Waals surface area contributed by atoms with E-state index in [-0.39, 0.29) is 6.42 Å². The highest BCUT2D eigenvalue weighted by atomic mass is 19.1. The van der Waals surface area contributed by atoms with Gasteiger partial charge in [-0.05, 0) is 18.4 Å². The molecule has 1 rings (SSSR count). The third-order valence-electron chi connectivity index (χ3n) is 2.54. The number of hydrogen-bond donors (Lipinski definition) is 0. The Labute approximate surface area is 104 Å². The summed E-state index contributed by atoms with van der Waals surface area (Å²) >= 11 is 0. The third-order valence-corrected chi connectivity index (χ3v) is 2.54. The van der Waals surface area contributed by atoms with Crippen molar-refractivity contribution in [3.63, 3.8) is 0 Å². The van der Waals surface area contributed by atoms with E-state index in [9.17, 15) is 14.0 Å². The molecule has 1 aromatic rings. The number of ether oxygens (including phenoxy) is 1. The molecule has 0 N–H and O–H groups in total. The van der Waals surface area contributed by atoms with Crippen LogP contribution in [0.2, 0.25) is 0 Å². The van der Waals surface area contributed by atoms with E-state index in [1.54, 1.807) is 0 Å². The number of alkyl halides is 1. The van der Waals surface area contributed by atoms with E-state index in [1.807, 2.05) is 30.3 Å². The molecule has 0 saturated heterocycles. The molecule has 1 aromatic carbocycles. The lowest BCUT2D eigenvalue weighted by molar-refractivity contribution is -0.154. The van der Waals surface area contributed by atoms with Crippen LogP contribution < -0.4 is 0 Å². The number of isocyanates is 1. The summed E-state index contributed by atoms with van der Waals surface area (Å²) in [5.74, 6) is -3.79. The van der Waals surface area contributed by atoms with Gasteiger partial charge in [-0.3, -0.25) is 0 Å². The van der Waals surface area contributed by atoms with Crippen molar-refractivity contribution in [3.8, 4) is 0 Å². The average molecular weight is 251 g/mol. The highest BCUT2D eigenvalue weighted by Gasteiger charge is 2.39. The maximum atomic E-state index is 14.0. The zero-order valence-corrected chi connectivity index (χ0v) is 10.1. The minimum absolute atomic E-state index is 0.205. The van der Waals surface area contributed by atoms with Gasteiger partial charge in [0.05, 0.1) is 7.11 Å². The molecule has 1 unspecified atom stereocenters. The fourth-order valence-electron chi connectivity index (χ4n) is 1.60. The normalized spacial score (nSPS) is 13.2. The number of aryl methyl sites for hydroxylation is 1. The van der Waals surface area contributed by atoms with E-state index < -0.39 is 11.8 Å². The van der Waals surface area contributed by atoms with Gasteiger partial charge in [-0.2, -0.15) is 4.99 Å². The summed E-state index contributed by atoms with van der Waals surface area (Å²) in [6.07, 6.45) is 1.84. The maximum absolute atomic E-state index is 14.0. The first kappa shape index (κ1) is 14.1. The molecule has 18 heavy (non-hydrogen) atoms. The van der Waals surface area contributed by atoms with E-state index in [1.165, 1.54) is 0 Å². The van der Waals surface area contributed by atoms with Crippen LogP contribution in [0.15, 0.2) is 35.3 Å². The van der Waals surface area contributed by atoms with Crippen molar-refractivity contribution in [2.24, 2.45) is 4.99 Å². The Hall–Kier alpha value is -2.00. The predicted molar refractivity (Wildman–Crippen MR) is 63.4 cm³/mol. The first-order valence-electron chi connectivity index (χ1n) is 5.52. The van der Waals surface area contributed by atoms with Gasteiger partial charge in [0.25, 0.3) is 0 Å².